The summed E-state index contributed by atoms with van der Waals surface area (Å²) in [6.45, 7) is 3.72. The van der Waals surface area contributed by atoms with Crippen molar-refractivity contribution in [2.24, 2.45) is 5.73 Å². The van der Waals surface area contributed by atoms with Crippen LogP contribution < -0.4 is 5.73 Å². The first-order chi connectivity index (χ1) is 9.40. The van der Waals surface area contributed by atoms with E-state index in [1.165, 1.54) is 5.56 Å². The second kappa shape index (κ2) is 6.58. The highest BCUT2D eigenvalue weighted by atomic mass is 79.9. The molecule has 4 nitrogen and oxygen atoms in total. The number of aryl methyl sites for hydroxylation is 1. The molecule has 1 unspecified atom stereocenters. The molecule has 2 aromatic heterocycles. The fourth-order valence-electron chi connectivity index (χ4n) is 1.93. The van der Waals surface area contributed by atoms with Crippen molar-refractivity contribution in [2.45, 2.75) is 19.5 Å². The van der Waals surface area contributed by atoms with Crippen LogP contribution in [0.1, 0.15) is 22.2 Å². The number of thiophene rings is 1. The molecule has 1 atom stereocenters. The van der Waals surface area contributed by atoms with Crippen molar-refractivity contribution in [1.29, 1.82) is 0 Å². The van der Waals surface area contributed by atoms with Gasteiger partial charge in [0, 0.05) is 11.4 Å². The maximum absolute atomic E-state index is 6.38. The maximum atomic E-state index is 6.38. The zero-order valence-corrected chi connectivity index (χ0v) is 14.9. The molecule has 2 rings (SSSR count). The summed E-state index contributed by atoms with van der Waals surface area (Å²) >= 11 is 11.4. The minimum Gasteiger partial charge on any atom is -0.318 e. The molecule has 0 aliphatic carbocycles. The highest BCUT2D eigenvalue weighted by Crippen LogP contribution is 2.35. The van der Waals surface area contributed by atoms with Crippen LogP contribution in [-0.2, 0) is 6.54 Å². The lowest BCUT2D eigenvalue weighted by atomic mass is 10.1. The lowest BCUT2D eigenvalue weighted by Crippen LogP contribution is -2.23. The molecular weight excluding hydrogens is 360 g/mol. The molecular formula is C13H18BrClN4S. The normalized spacial score (nSPS) is 13.2. The van der Waals surface area contributed by atoms with Crippen molar-refractivity contribution in [3.8, 4) is 0 Å². The fraction of sp³-hybridized carbons (Fsp3) is 0.462. The Morgan fingerprint density at radius 2 is 2.25 bits per heavy atom. The second-order valence-corrected chi connectivity index (χ2v) is 7.80. The van der Waals surface area contributed by atoms with Crippen molar-refractivity contribution in [3.05, 3.63) is 37.2 Å². The topological polar surface area (TPSA) is 47.1 Å². The summed E-state index contributed by atoms with van der Waals surface area (Å²) in [5, 5.41) is 4.96. The first-order valence-electron chi connectivity index (χ1n) is 6.27. The molecule has 0 aliphatic heterocycles. The van der Waals surface area contributed by atoms with Crippen LogP contribution in [0.4, 0.5) is 0 Å². The second-order valence-electron chi connectivity index (χ2n) is 4.99. The Balaban J connectivity index is 2.29. The number of nitrogens with zero attached hydrogens (tertiary/aromatic N) is 3. The van der Waals surface area contributed by atoms with Crippen LogP contribution in [0.2, 0.25) is 5.02 Å². The van der Waals surface area contributed by atoms with E-state index in [1.54, 1.807) is 17.5 Å². The van der Waals surface area contributed by atoms with E-state index in [-0.39, 0.29) is 6.04 Å². The predicted octanol–water partition coefficient (Wildman–Crippen LogP) is 3.28. The number of nitrogens with two attached hydrogens (primary N) is 1. The summed E-state index contributed by atoms with van der Waals surface area (Å²) in [5.41, 5.74) is 8.45. The number of likely N-dealkylation sites (N-methyl/N-ethyl adjacent to an activating group) is 1. The summed E-state index contributed by atoms with van der Waals surface area (Å²) in [7, 11) is 4.06. The third-order valence-corrected chi connectivity index (χ3v) is 5.58. The minimum atomic E-state index is -0.248. The Morgan fingerprint density at radius 1 is 1.55 bits per heavy atom. The predicted molar refractivity (Wildman–Crippen MR) is 88.6 cm³/mol. The SMILES string of the molecule is Cc1cc(C(N)c2c(Cl)cnn2CCN(C)C)sc1Br. The molecule has 0 bridgehead atoms. The average Bonchev–Trinajstić information content (AvgIpc) is 2.90. The van der Waals surface area contributed by atoms with Crippen LogP contribution in [0.5, 0.6) is 0 Å². The number of aromatic nitrogens is 2. The quantitative estimate of drug-likeness (QED) is 0.870. The Kier molecular flexibility index (Phi) is 5.25. The largest absolute Gasteiger partial charge is 0.318 e. The summed E-state index contributed by atoms with van der Waals surface area (Å²) in [5.74, 6) is 0. The summed E-state index contributed by atoms with van der Waals surface area (Å²) in [6, 6.07) is 1.85. The first-order valence-corrected chi connectivity index (χ1v) is 8.26. The molecule has 7 heteroatoms. The standard InChI is InChI=1S/C13H18BrClN4S/c1-8-6-10(20-13(8)14)11(16)12-9(15)7-17-19(12)5-4-18(2)3/h6-7,11H,4-5,16H2,1-3H3. The van der Waals surface area contributed by atoms with Gasteiger partial charge in [0.15, 0.2) is 0 Å². The maximum Gasteiger partial charge on any atom is 0.0838 e. The van der Waals surface area contributed by atoms with Gasteiger partial charge in [-0.3, -0.25) is 4.68 Å². The first kappa shape index (κ1) is 16.0. The molecule has 20 heavy (non-hydrogen) atoms. The van der Waals surface area contributed by atoms with Gasteiger partial charge in [0.2, 0.25) is 0 Å². The van der Waals surface area contributed by atoms with Crippen molar-refractivity contribution >= 4 is 38.9 Å². The highest BCUT2D eigenvalue weighted by Gasteiger charge is 2.21. The molecule has 0 amide bonds. The van der Waals surface area contributed by atoms with E-state index in [4.69, 9.17) is 17.3 Å². The number of halogens is 2. The van der Waals surface area contributed by atoms with Crippen LogP contribution >= 0.6 is 38.9 Å². The van der Waals surface area contributed by atoms with Crippen molar-refractivity contribution in [3.63, 3.8) is 0 Å². The van der Waals surface area contributed by atoms with Crippen LogP contribution in [-0.4, -0.2) is 35.3 Å². The van der Waals surface area contributed by atoms with E-state index >= 15 is 0 Å². The van der Waals surface area contributed by atoms with Crippen molar-refractivity contribution in [2.75, 3.05) is 20.6 Å². The van der Waals surface area contributed by atoms with Gasteiger partial charge in [-0.2, -0.15) is 5.10 Å². The average molecular weight is 378 g/mol. The van der Waals surface area contributed by atoms with Gasteiger partial charge in [-0.05, 0) is 48.6 Å². The van der Waals surface area contributed by atoms with Crippen LogP contribution in [0, 0.1) is 6.92 Å². The monoisotopic (exact) mass is 376 g/mol. The van der Waals surface area contributed by atoms with E-state index in [0.717, 1.165) is 27.4 Å². The molecule has 2 aromatic rings. The fourth-order valence-corrected chi connectivity index (χ4v) is 3.76. The molecule has 0 aromatic carbocycles. The number of rotatable bonds is 5. The minimum absolute atomic E-state index is 0.248. The molecule has 2 heterocycles. The molecule has 0 aliphatic rings. The Bertz CT molecular complexity index is 574. The van der Waals surface area contributed by atoms with Gasteiger partial charge in [0.25, 0.3) is 0 Å². The summed E-state index contributed by atoms with van der Waals surface area (Å²) < 4.78 is 3.01. The van der Waals surface area contributed by atoms with E-state index in [2.05, 4.69) is 38.9 Å². The van der Waals surface area contributed by atoms with Crippen molar-refractivity contribution in [1.82, 2.24) is 14.7 Å². The molecule has 0 saturated heterocycles. The number of hydrogen-bond acceptors (Lipinski definition) is 4. The van der Waals surface area contributed by atoms with Gasteiger partial charge in [0.05, 0.1) is 33.3 Å². The summed E-state index contributed by atoms with van der Waals surface area (Å²) in [4.78, 5) is 3.19. The molecule has 0 saturated carbocycles. The Labute approximate surface area is 136 Å². The highest BCUT2D eigenvalue weighted by molar-refractivity contribution is 9.11. The van der Waals surface area contributed by atoms with Gasteiger partial charge in [-0.1, -0.05) is 11.6 Å². The van der Waals surface area contributed by atoms with Crippen LogP contribution in [0.25, 0.3) is 0 Å². The van der Waals surface area contributed by atoms with E-state index in [0.29, 0.717) is 5.02 Å². The van der Waals surface area contributed by atoms with E-state index in [9.17, 15) is 0 Å². The third kappa shape index (κ3) is 3.43. The Morgan fingerprint density at radius 3 is 2.80 bits per heavy atom. The van der Waals surface area contributed by atoms with Gasteiger partial charge in [0.1, 0.15) is 0 Å². The van der Waals surface area contributed by atoms with Crippen LogP contribution in [0.3, 0.4) is 0 Å². The lowest BCUT2D eigenvalue weighted by Gasteiger charge is -2.15. The van der Waals surface area contributed by atoms with Gasteiger partial charge in [-0.15, -0.1) is 11.3 Å². The van der Waals surface area contributed by atoms with Gasteiger partial charge in [-0.25, -0.2) is 0 Å². The molecule has 0 spiro atoms. The Hall–Kier alpha value is -0.400. The molecule has 110 valence electrons. The van der Waals surface area contributed by atoms with Crippen molar-refractivity contribution < 1.29 is 0 Å². The summed E-state index contributed by atoms with van der Waals surface area (Å²) in [6.07, 6.45) is 1.67. The zero-order valence-electron chi connectivity index (χ0n) is 11.7. The number of hydrogen-bond donors (Lipinski definition) is 1. The lowest BCUT2D eigenvalue weighted by molar-refractivity contribution is 0.368. The smallest absolute Gasteiger partial charge is 0.0838 e. The van der Waals surface area contributed by atoms with Gasteiger partial charge >= 0.3 is 0 Å². The third-order valence-electron chi connectivity index (χ3n) is 3.07. The van der Waals surface area contributed by atoms with Gasteiger partial charge < -0.3 is 10.6 Å². The molecule has 0 fully saturated rings. The molecule has 0 radical (unpaired) electrons. The van der Waals surface area contributed by atoms with Crippen LogP contribution in [0.15, 0.2) is 16.0 Å². The molecule has 2 N–H and O–H groups in total. The zero-order chi connectivity index (χ0) is 14.9. The van der Waals surface area contributed by atoms with E-state index < -0.39 is 0 Å². The van der Waals surface area contributed by atoms with E-state index in [1.807, 2.05) is 18.8 Å².